The monoisotopic (exact) mass is 1110 g/mol. The predicted molar refractivity (Wildman–Crippen MR) is 302 cm³/mol. The summed E-state index contributed by atoms with van der Waals surface area (Å²) in [5.41, 5.74) is 3.00. The van der Waals surface area contributed by atoms with Crippen molar-refractivity contribution in [3.8, 4) is 11.5 Å². The van der Waals surface area contributed by atoms with Gasteiger partial charge in [-0.05, 0) is 156 Å². The lowest BCUT2D eigenvalue weighted by Crippen LogP contribution is -2.28. The molecule has 3 aromatic heterocycles. The molecule has 0 radical (unpaired) electrons. The number of aromatic nitrogens is 4. The molecule has 23 heteroatoms. The Bertz CT molecular complexity index is 3190. The van der Waals surface area contributed by atoms with Gasteiger partial charge in [-0.3, -0.25) is 9.59 Å². The van der Waals surface area contributed by atoms with Crippen LogP contribution in [0.15, 0.2) is 113 Å². The quantitative estimate of drug-likeness (QED) is 0.0221. The molecule has 19 nitrogen and oxygen atoms in total. The molecule has 0 atom stereocenters. The molecule has 0 spiro atoms. The molecule has 2 saturated heterocycles. The Kier molecular flexibility index (Phi) is 20.1. The van der Waals surface area contributed by atoms with Gasteiger partial charge in [-0.15, -0.1) is 0 Å². The SMILES string of the molecule is CC(C)NCCNc1ccc(S(=O)(=O)Oc2ccc3nc(NC(=O)CCC4CCNCC4)sc3c2)cc1.O=C(CCC1CCNCC1)Nc1nc2ccc(OS(=O)(=O)c3ccc(NCCCn4ccnc4)cc3)cc2s1. The number of hydrogen-bond acceptors (Lipinski definition) is 18. The lowest BCUT2D eigenvalue weighted by molar-refractivity contribution is -0.117. The minimum atomic E-state index is -4.01. The van der Waals surface area contributed by atoms with Crippen LogP contribution >= 0.6 is 22.7 Å². The number of aryl methyl sites for hydroxylation is 1. The summed E-state index contributed by atoms with van der Waals surface area (Å²) in [6, 6.07) is 23.2. The first kappa shape index (κ1) is 56.0. The summed E-state index contributed by atoms with van der Waals surface area (Å²) < 4.78 is 65.6. The van der Waals surface area contributed by atoms with E-state index < -0.39 is 20.2 Å². The normalized spacial score (nSPS) is 14.5. The number of fused-ring (bicyclic) bond motifs is 2. The lowest BCUT2D eigenvalue weighted by atomic mass is 9.93. The molecule has 2 aliphatic heterocycles. The van der Waals surface area contributed by atoms with Crippen LogP contribution in [0.25, 0.3) is 20.4 Å². The van der Waals surface area contributed by atoms with Gasteiger partial charge in [0.1, 0.15) is 21.3 Å². The summed E-state index contributed by atoms with van der Waals surface area (Å²) >= 11 is 2.59. The highest BCUT2D eigenvalue weighted by Gasteiger charge is 2.21. The molecular weight excluding hydrogens is 1050 g/mol. The zero-order chi connectivity index (χ0) is 53.3. The summed E-state index contributed by atoms with van der Waals surface area (Å²) in [5.74, 6) is 1.45. The van der Waals surface area contributed by atoms with Gasteiger partial charge in [-0.2, -0.15) is 16.8 Å². The maximum atomic E-state index is 12.9. The largest absolute Gasteiger partial charge is 0.385 e. The average Bonchev–Trinajstić information content (AvgIpc) is 4.19. The first-order chi connectivity index (χ1) is 36.7. The number of rotatable bonds is 24. The molecule has 4 aromatic carbocycles. The van der Waals surface area contributed by atoms with Gasteiger partial charge in [0.15, 0.2) is 10.3 Å². The Balaban J connectivity index is 0.000000202. The molecular formula is C53H67N11O8S4. The van der Waals surface area contributed by atoms with Crippen LogP contribution in [-0.4, -0.2) is 100 Å². The number of anilines is 4. The Morgan fingerprint density at radius 1 is 0.658 bits per heavy atom. The first-order valence-electron chi connectivity index (χ1n) is 25.8. The van der Waals surface area contributed by atoms with Gasteiger partial charge in [-0.25, -0.2) is 15.0 Å². The molecule has 7 aromatic rings. The topological polar surface area (TPSA) is 249 Å². The van der Waals surface area contributed by atoms with Crippen molar-refractivity contribution in [2.75, 3.05) is 67.1 Å². The number of nitrogens with zero attached hydrogens (tertiary/aromatic N) is 4. The maximum absolute atomic E-state index is 12.9. The minimum absolute atomic E-state index is 0.0502. The van der Waals surface area contributed by atoms with Gasteiger partial charge in [-0.1, -0.05) is 36.5 Å². The summed E-state index contributed by atoms with van der Waals surface area (Å²) in [4.78, 5) is 37.9. The fourth-order valence-electron chi connectivity index (χ4n) is 8.70. The van der Waals surface area contributed by atoms with Gasteiger partial charge in [0.2, 0.25) is 11.8 Å². The molecule has 0 saturated carbocycles. The van der Waals surface area contributed by atoms with Crippen LogP contribution in [-0.2, 0) is 36.4 Å². The fraction of sp³-hybridized carbons (Fsp3) is 0.415. The smallest absolute Gasteiger partial charge is 0.339 e. The van der Waals surface area contributed by atoms with Crippen LogP contribution < -0.4 is 45.6 Å². The maximum Gasteiger partial charge on any atom is 0.339 e. The number of hydrogen-bond donors (Lipinski definition) is 7. The minimum Gasteiger partial charge on any atom is -0.385 e. The van der Waals surface area contributed by atoms with Crippen molar-refractivity contribution in [3.05, 3.63) is 104 Å². The molecule has 0 aliphatic carbocycles. The van der Waals surface area contributed by atoms with Crippen molar-refractivity contribution in [2.45, 2.75) is 94.0 Å². The van der Waals surface area contributed by atoms with Gasteiger partial charge >= 0.3 is 20.2 Å². The summed E-state index contributed by atoms with van der Waals surface area (Å²) in [6.07, 6.45) is 13.5. The molecule has 5 heterocycles. The second kappa shape index (κ2) is 27.2. The average molecular weight is 1110 g/mol. The van der Waals surface area contributed by atoms with Gasteiger partial charge in [0.05, 0.1) is 26.8 Å². The molecule has 406 valence electrons. The summed E-state index contributed by atoms with van der Waals surface area (Å²) in [6.45, 7) is 11.4. The van der Waals surface area contributed by atoms with Crippen molar-refractivity contribution >= 4 is 96.8 Å². The summed E-state index contributed by atoms with van der Waals surface area (Å²) in [7, 11) is -8.01. The van der Waals surface area contributed by atoms with Gasteiger partial charge < -0.3 is 50.2 Å². The number of imidazole rings is 1. The zero-order valence-corrected chi connectivity index (χ0v) is 46.0. The number of carbonyl (C=O) groups is 2. The van der Waals surface area contributed by atoms with Crippen LogP contribution in [0.5, 0.6) is 11.5 Å². The van der Waals surface area contributed by atoms with E-state index in [1.807, 2.05) is 10.8 Å². The van der Waals surface area contributed by atoms with E-state index in [4.69, 9.17) is 8.37 Å². The van der Waals surface area contributed by atoms with Crippen LogP contribution in [0, 0.1) is 11.8 Å². The Morgan fingerprint density at radius 2 is 1.13 bits per heavy atom. The van der Waals surface area contributed by atoms with E-state index in [-0.39, 0.29) is 33.1 Å². The third-order valence-electron chi connectivity index (χ3n) is 12.9. The van der Waals surface area contributed by atoms with E-state index in [1.165, 1.54) is 46.9 Å². The van der Waals surface area contributed by atoms with E-state index >= 15 is 0 Å². The Morgan fingerprint density at radius 3 is 1.58 bits per heavy atom. The molecule has 9 rings (SSSR count). The van der Waals surface area contributed by atoms with Crippen LogP contribution in [0.3, 0.4) is 0 Å². The molecule has 7 N–H and O–H groups in total. The van der Waals surface area contributed by atoms with Crippen molar-refractivity contribution in [2.24, 2.45) is 11.8 Å². The lowest BCUT2D eigenvalue weighted by Gasteiger charge is -2.21. The van der Waals surface area contributed by atoms with Crippen LogP contribution in [0.4, 0.5) is 21.6 Å². The predicted octanol–water partition coefficient (Wildman–Crippen LogP) is 8.67. The Hall–Kier alpha value is -6.21. The highest BCUT2D eigenvalue weighted by molar-refractivity contribution is 7.87. The van der Waals surface area contributed by atoms with E-state index in [9.17, 15) is 26.4 Å². The van der Waals surface area contributed by atoms with Crippen molar-refractivity contribution in [1.82, 2.24) is 35.5 Å². The van der Waals surface area contributed by atoms with E-state index in [0.717, 1.165) is 118 Å². The zero-order valence-electron chi connectivity index (χ0n) is 42.8. The number of carbonyl (C=O) groups excluding carboxylic acids is 2. The van der Waals surface area contributed by atoms with Crippen LogP contribution in [0.2, 0.25) is 0 Å². The fourth-order valence-corrected chi connectivity index (χ4v) is 12.4. The van der Waals surface area contributed by atoms with Crippen molar-refractivity contribution in [1.29, 1.82) is 0 Å². The highest BCUT2D eigenvalue weighted by atomic mass is 32.2. The molecule has 0 bridgehead atoms. The van der Waals surface area contributed by atoms with Crippen molar-refractivity contribution in [3.63, 3.8) is 0 Å². The standard InChI is InChI=1S/C27H32N6O4S2.C26H35N5O4S2/c34-26(9-2-20-10-13-28-14-11-20)32-27-31-24-8-5-22(18-25(24)38-27)37-39(35,36)23-6-3-21(4-7-23)30-12-1-16-33-17-15-29-19-33;1-18(2)28-15-16-29-20-4-7-22(8-5-20)37(33,34)35-21-6-9-23-24(17-21)36-26(30-23)31-25(32)10-3-19-11-13-27-14-12-19/h3-8,15,17-20,28,30H,1-2,9-14,16H2,(H,31,32,34);4-9,17-19,27-29H,3,10-16H2,1-2H3,(H,30,31,32). The molecule has 76 heavy (non-hydrogen) atoms. The second-order valence-corrected chi connectivity index (χ2v) is 24.3. The molecule has 0 unspecified atom stereocenters. The third-order valence-corrected chi connectivity index (χ3v) is 17.3. The number of thiazole rings is 2. The number of amides is 2. The molecule has 2 fully saturated rings. The van der Waals surface area contributed by atoms with E-state index in [0.29, 0.717) is 52.0 Å². The molecule has 2 amide bonds. The van der Waals surface area contributed by atoms with E-state index in [1.54, 1.807) is 73.2 Å². The summed E-state index contributed by atoms with van der Waals surface area (Å²) in [5, 5.41) is 23.3. The first-order valence-corrected chi connectivity index (χ1v) is 30.3. The second-order valence-electron chi connectivity index (χ2n) is 19.1. The van der Waals surface area contributed by atoms with Crippen LogP contribution in [0.1, 0.15) is 71.6 Å². The number of nitrogens with one attached hydrogen (secondary N) is 7. The molecule has 2 aliphatic rings. The highest BCUT2D eigenvalue weighted by Crippen LogP contribution is 2.33. The Labute approximate surface area is 452 Å². The third kappa shape index (κ3) is 17.1. The number of piperidine rings is 2. The van der Waals surface area contributed by atoms with Crippen molar-refractivity contribution < 1.29 is 34.8 Å². The number of benzene rings is 4. The van der Waals surface area contributed by atoms with Gasteiger partial charge in [0, 0.05) is 81.0 Å². The van der Waals surface area contributed by atoms with E-state index in [2.05, 4.69) is 66.0 Å². The van der Waals surface area contributed by atoms with Gasteiger partial charge in [0.25, 0.3) is 0 Å².